The number of rotatable bonds is 7. The Morgan fingerprint density at radius 1 is 1.21 bits per heavy atom. The first-order valence-electron chi connectivity index (χ1n) is 8.99. The molecule has 148 valence electrons. The number of thioether (sulfide) groups is 1. The fraction of sp³-hybridized carbons (Fsp3) is 0.190. The van der Waals surface area contributed by atoms with Crippen LogP contribution in [0.15, 0.2) is 66.3 Å². The van der Waals surface area contributed by atoms with Crippen molar-refractivity contribution in [3.63, 3.8) is 0 Å². The molecule has 4 rings (SSSR count). The molecule has 0 radical (unpaired) electrons. The SMILES string of the molecule is C=CCn1c(SCC(=O)c2ccc(F)cc2)nnc1[C@@H]1COc2ccccc2O1. The number of para-hydroxylation sites is 2. The maximum Gasteiger partial charge on any atom is 0.192 e. The molecule has 0 fully saturated rings. The number of ether oxygens (including phenoxy) is 2. The zero-order valence-corrected chi connectivity index (χ0v) is 16.3. The van der Waals surface area contributed by atoms with Crippen molar-refractivity contribution in [2.75, 3.05) is 12.4 Å². The Balaban J connectivity index is 1.50. The number of allylic oxidation sites excluding steroid dienone is 1. The van der Waals surface area contributed by atoms with Crippen molar-refractivity contribution in [2.45, 2.75) is 17.8 Å². The number of carbonyl (C=O) groups is 1. The summed E-state index contributed by atoms with van der Waals surface area (Å²) in [5, 5.41) is 9.08. The minimum atomic E-state index is -0.417. The van der Waals surface area contributed by atoms with Gasteiger partial charge in [0.1, 0.15) is 12.4 Å². The summed E-state index contributed by atoms with van der Waals surface area (Å²) in [4.78, 5) is 12.4. The predicted molar refractivity (Wildman–Crippen MR) is 107 cm³/mol. The number of Topliss-reactive ketones (excluding diaryl/α,β-unsaturated/α-hetero) is 1. The van der Waals surface area contributed by atoms with Gasteiger partial charge in [0.2, 0.25) is 0 Å². The number of hydrogen-bond acceptors (Lipinski definition) is 6. The Morgan fingerprint density at radius 3 is 2.72 bits per heavy atom. The highest BCUT2D eigenvalue weighted by molar-refractivity contribution is 7.99. The molecule has 6 nitrogen and oxygen atoms in total. The molecule has 0 saturated carbocycles. The molecule has 0 N–H and O–H groups in total. The van der Waals surface area contributed by atoms with E-state index in [1.165, 1.54) is 36.0 Å². The summed E-state index contributed by atoms with van der Waals surface area (Å²) in [7, 11) is 0. The van der Waals surface area contributed by atoms with Crippen LogP contribution < -0.4 is 9.47 Å². The van der Waals surface area contributed by atoms with E-state index in [9.17, 15) is 9.18 Å². The topological polar surface area (TPSA) is 66.2 Å². The number of benzene rings is 2. The zero-order chi connectivity index (χ0) is 20.2. The molecule has 1 atom stereocenters. The molecule has 1 aliphatic rings. The van der Waals surface area contributed by atoms with Gasteiger partial charge >= 0.3 is 0 Å². The normalized spacial score (nSPS) is 15.1. The number of ketones is 1. The number of nitrogens with zero attached hydrogens (tertiary/aromatic N) is 3. The van der Waals surface area contributed by atoms with E-state index in [-0.39, 0.29) is 17.4 Å². The van der Waals surface area contributed by atoms with Crippen LogP contribution in [0.1, 0.15) is 22.3 Å². The van der Waals surface area contributed by atoms with Crippen LogP contribution in [-0.2, 0) is 6.54 Å². The van der Waals surface area contributed by atoms with Crippen LogP contribution in [0.25, 0.3) is 0 Å². The summed E-state index contributed by atoms with van der Waals surface area (Å²) in [6.45, 7) is 4.57. The molecule has 0 aliphatic carbocycles. The molecule has 8 heteroatoms. The van der Waals surface area contributed by atoms with Crippen LogP contribution in [0.3, 0.4) is 0 Å². The van der Waals surface area contributed by atoms with Crippen LogP contribution in [0.4, 0.5) is 4.39 Å². The van der Waals surface area contributed by atoms with Crippen molar-refractivity contribution in [1.29, 1.82) is 0 Å². The van der Waals surface area contributed by atoms with Gasteiger partial charge in [-0.1, -0.05) is 30.0 Å². The Kier molecular flexibility index (Phi) is 5.62. The van der Waals surface area contributed by atoms with Crippen molar-refractivity contribution in [1.82, 2.24) is 14.8 Å². The summed E-state index contributed by atoms with van der Waals surface area (Å²) < 4.78 is 26.7. The lowest BCUT2D eigenvalue weighted by Gasteiger charge is -2.26. The number of halogens is 1. The fourth-order valence-electron chi connectivity index (χ4n) is 2.94. The monoisotopic (exact) mass is 411 g/mol. The van der Waals surface area contributed by atoms with Gasteiger partial charge in [-0.3, -0.25) is 9.36 Å². The lowest BCUT2D eigenvalue weighted by atomic mass is 10.1. The van der Waals surface area contributed by atoms with Gasteiger partial charge in [0.25, 0.3) is 0 Å². The molecular formula is C21H18FN3O3S. The number of carbonyl (C=O) groups excluding carboxylic acids is 1. The van der Waals surface area contributed by atoms with E-state index in [1.807, 2.05) is 28.8 Å². The second kappa shape index (κ2) is 8.48. The maximum absolute atomic E-state index is 13.0. The van der Waals surface area contributed by atoms with E-state index in [4.69, 9.17) is 9.47 Å². The summed E-state index contributed by atoms with van der Waals surface area (Å²) in [5.74, 6) is 1.62. The lowest BCUT2D eigenvalue weighted by Crippen LogP contribution is -2.25. The molecule has 1 aromatic heterocycles. The van der Waals surface area contributed by atoms with Crippen LogP contribution >= 0.6 is 11.8 Å². The number of fused-ring (bicyclic) bond motifs is 1. The van der Waals surface area contributed by atoms with Gasteiger partial charge in [-0.15, -0.1) is 16.8 Å². The summed E-state index contributed by atoms with van der Waals surface area (Å²) in [6.07, 6.45) is 1.32. The quantitative estimate of drug-likeness (QED) is 0.331. The Hall–Kier alpha value is -3.13. The molecule has 0 spiro atoms. The van der Waals surface area contributed by atoms with E-state index in [0.29, 0.717) is 41.2 Å². The van der Waals surface area contributed by atoms with E-state index in [2.05, 4.69) is 16.8 Å². The first-order chi connectivity index (χ1) is 14.2. The van der Waals surface area contributed by atoms with Gasteiger partial charge in [-0.2, -0.15) is 0 Å². The first kappa shape index (κ1) is 19.2. The third-order valence-corrected chi connectivity index (χ3v) is 5.32. The summed E-state index contributed by atoms with van der Waals surface area (Å²) >= 11 is 1.27. The van der Waals surface area contributed by atoms with Crippen molar-refractivity contribution in [3.05, 3.63) is 78.4 Å². The average Bonchev–Trinajstić information content (AvgIpc) is 3.15. The molecule has 3 aromatic rings. The first-order valence-corrected chi connectivity index (χ1v) is 9.98. The fourth-order valence-corrected chi connectivity index (χ4v) is 3.79. The van der Waals surface area contributed by atoms with E-state index < -0.39 is 6.10 Å². The molecule has 0 unspecified atom stereocenters. The standard InChI is InChI=1S/C21H18FN3O3S/c1-2-11-25-20(19-12-27-17-5-3-4-6-18(17)28-19)23-24-21(25)29-13-16(26)14-7-9-15(22)10-8-14/h2-10,19H,1,11-13H2/t19-/m0/s1. The van der Waals surface area contributed by atoms with Crippen LogP contribution in [0.2, 0.25) is 0 Å². The average molecular weight is 411 g/mol. The smallest absolute Gasteiger partial charge is 0.192 e. The Labute approximate surface area is 171 Å². The van der Waals surface area contributed by atoms with Gasteiger partial charge in [-0.25, -0.2) is 4.39 Å². The molecule has 2 aromatic carbocycles. The van der Waals surface area contributed by atoms with Gasteiger partial charge in [0, 0.05) is 12.1 Å². The molecule has 0 bridgehead atoms. The number of hydrogen-bond donors (Lipinski definition) is 0. The Morgan fingerprint density at radius 2 is 1.97 bits per heavy atom. The summed E-state index contributed by atoms with van der Waals surface area (Å²) in [6, 6.07) is 12.9. The predicted octanol–water partition coefficient (Wildman–Crippen LogP) is 4.09. The van der Waals surface area contributed by atoms with Gasteiger partial charge in [0.05, 0.1) is 5.75 Å². The van der Waals surface area contributed by atoms with Crippen LogP contribution in [0.5, 0.6) is 11.5 Å². The van der Waals surface area contributed by atoms with Crippen LogP contribution in [0, 0.1) is 5.82 Å². The highest BCUT2D eigenvalue weighted by Crippen LogP contribution is 2.36. The highest BCUT2D eigenvalue weighted by Gasteiger charge is 2.28. The van der Waals surface area contributed by atoms with E-state index in [0.717, 1.165) is 0 Å². The van der Waals surface area contributed by atoms with Gasteiger partial charge in [0.15, 0.2) is 34.4 Å². The van der Waals surface area contributed by atoms with Crippen molar-refractivity contribution in [2.24, 2.45) is 0 Å². The molecule has 29 heavy (non-hydrogen) atoms. The van der Waals surface area contributed by atoms with E-state index in [1.54, 1.807) is 6.08 Å². The maximum atomic E-state index is 13.0. The largest absolute Gasteiger partial charge is 0.485 e. The molecule has 1 aliphatic heterocycles. The zero-order valence-electron chi connectivity index (χ0n) is 15.5. The van der Waals surface area contributed by atoms with Gasteiger partial charge in [-0.05, 0) is 36.4 Å². The van der Waals surface area contributed by atoms with Gasteiger partial charge < -0.3 is 9.47 Å². The molecular weight excluding hydrogens is 393 g/mol. The van der Waals surface area contributed by atoms with Crippen molar-refractivity contribution >= 4 is 17.5 Å². The summed E-state index contributed by atoms with van der Waals surface area (Å²) in [5.41, 5.74) is 0.453. The Bertz CT molecular complexity index is 1040. The van der Waals surface area contributed by atoms with Crippen molar-refractivity contribution < 1.29 is 18.7 Å². The third-order valence-electron chi connectivity index (χ3n) is 4.35. The van der Waals surface area contributed by atoms with Crippen LogP contribution in [-0.4, -0.2) is 32.9 Å². The highest BCUT2D eigenvalue weighted by atomic mass is 32.2. The minimum Gasteiger partial charge on any atom is -0.485 e. The van der Waals surface area contributed by atoms with E-state index >= 15 is 0 Å². The molecule has 0 amide bonds. The minimum absolute atomic E-state index is 0.115. The molecule has 0 saturated heterocycles. The van der Waals surface area contributed by atoms with Crippen molar-refractivity contribution in [3.8, 4) is 11.5 Å². The number of aromatic nitrogens is 3. The molecule has 2 heterocycles. The second-order valence-electron chi connectivity index (χ2n) is 6.32. The second-order valence-corrected chi connectivity index (χ2v) is 7.27. The lowest BCUT2D eigenvalue weighted by molar-refractivity contribution is 0.0821. The third kappa shape index (κ3) is 4.17.